The van der Waals surface area contributed by atoms with Crippen molar-refractivity contribution >= 4 is 52.5 Å². The van der Waals surface area contributed by atoms with Crippen LogP contribution in [0, 0.1) is 0 Å². The minimum absolute atomic E-state index is 0.805. The molecule has 0 unspecified atom stereocenters. The van der Waals surface area contributed by atoms with E-state index in [0.29, 0.717) is 0 Å². The van der Waals surface area contributed by atoms with E-state index in [4.69, 9.17) is 44.3 Å². The Labute approximate surface area is 255 Å². The van der Waals surface area contributed by atoms with Crippen molar-refractivity contribution in [2.24, 2.45) is 0 Å². The van der Waals surface area contributed by atoms with Crippen LogP contribution in [0.1, 0.15) is 16.7 Å². The molecule has 0 aliphatic carbocycles. The third-order valence-electron chi connectivity index (χ3n) is 7.51. The molecule has 0 bridgehead atoms. The van der Waals surface area contributed by atoms with Gasteiger partial charge < -0.3 is 44.3 Å². The summed E-state index contributed by atoms with van der Waals surface area (Å²) in [6.45, 7) is 0. The molecule has 0 amide bonds. The minimum atomic E-state index is -3.05. The zero-order valence-corrected chi connectivity index (χ0v) is 29.5. The standard InChI is InChI=1S/C28H39O10Si4/c1-29-40(30-2,31-3)25-16-10-22(11-17-25)28(38-39,23-12-18-26(19-13-23)41(32-4,33-5)34-6)24-14-20-27(21-15-24)42(35-7,36-8)37-9/h10-21H,1-9H3. The highest BCUT2D eigenvalue weighted by Gasteiger charge is 2.45. The van der Waals surface area contributed by atoms with Crippen LogP contribution >= 0.6 is 0 Å². The summed E-state index contributed by atoms with van der Waals surface area (Å²) in [4.78, 5) is 0. The van der Waals surface area contributed by atoms with E-state index in [1.54, 1.807) is 64.0 Å². The van der Waals surface area contributed by atoms with Crippen molar-refractivity contribution in [1.82, 2.24) is 0 Å². The minimum Gasteiger partial charge on any atom is -0.402 e. The van der Waals surface area contributed by atoms with Crippen molar-refractivity contribution < 1.29 is 44.3 Å². The maximum absolute atomic E-state index is 6.27. The summed E-state index contributed by atoms with van der Waals surface area (Å²) in [7, 11) is 8.49. The predicted octanol–water partition coefficient (Wildman–Crippen LogP) is 1.33. The summed E-state index contributed by atoms with van der Waals surface area (Å²) in [5.74, 6) is 0. The molecule has 0 heterocycles. The van der Waals surface area contributed by atoms with Crippen molar-refractivity contribution in [3.63, 3.8) is 0 Å². The highest BCUT2D eigenvalue weighted by atomic mass is 28.4. The van der Waals surface area contributed by atoms with E-state index < -0.39 is 32.0 Å². The topological polar surface area (TPSA) is 92.3 Å². The Balaban J connectivity index is 2.26. The first kappa shape index (κ1) is 34.6. The van der Waals surface area contributed by atoms with E-state index in [0.717, 1.165) is 32.3 Å². The van der Waals surface area contributed by atoms with Gasteiger partial charge in [0.05, 0.1) is 0 Å². The van der Waals surface area contributed by atoms with Crippen LogP contribution in [0.25, 0.3) is 0 Å². The predicted molar refractivity (Wildman–Crippen MR) is 165 cm³/mol. The van der Waals surface area contributed by atoms with Crippen molar-refractivity contribution in [1.29, 1.82) is 0 Å². The first-order chi connectivity index (χ1) is 20.2. The van der Waals surface area contributed by atoms with Gasteiger partial charge in [-0.05, 0) is 16.7 Å². The van der Waals surface area contributed by atoms with E-state index in [1.807, 2.05) is 72.8 Å². The summed E-state index contributed by atoms with van der Waals surface area (Å²) in [6, 6.07) is 23.4. The van der Waals surface area contributed by atoms with E-state index >= 15 is 0 Å². The lowest BCUT2D eigenvalue weighted by Crippen LogP contribution is -2.55. The van der Waals surface area contributed by atoms with Gasteiger partial charge in [0.25, 0.3) is 0 Å². The zero-order chi connectivity index (χ0) is 31.0. The molecule has 3 aromatic carbocycles. The highest BCUT2D eigenvalue weighted by molar-refractivity contribution is 6.76. The average molecular weight is 648 g/mol. The lowest BCUT2D eigenvalue weighted by atomic mass is 9.80. The molecule has 42 heavy (non-hydrogen) atoms. The molecule has 0 fully saturated rings. The number of benzene rings is 3. The molecule has 0 aliphatic heterocycles. The molecule has 0 aliphatic rings. The van der Waals surface area contributed by atoms with Crippen LogP contribution in [0.5, 0.6) is 0 Å². The van der Waals surface area contributed by atoms with Crippen molar-refractivity contribution in [3.8, 4) is 0 Å². The Morgan fingerprint density at radius 2 is 0.571 bits per heavy atom. The molecule has 0 saturated heterocycles. The maximum atomic E-state index is 6.27. The number of hydrogen-bond acceptors (Lipinski definition) is 10. The van der Waals surface area contributed by atoms with Gasteiger partial charge in [-0.2, -0.15) is 0 Å². The molecule has 0 saturated carbocycles. The molecule has 3 radical (unpaired) electrons. The molecule has 0 spiro atoms. The van der Waals surface area contributed by atoms with Gasteiger partial charge in [-0.3, -0.25) is 0 Å². The van der Waals surface area contributed by atoms with Gasteiger partial charge in [0.1, 0.15) is 5.60 Å². The van der Waals surface area contributed by atoms with Crippen LogP contribution < -0.4 is 15.6 Å². The van der Waals surface area contributed by atoms with E-state index in [9.17, 15) is 0 Å². The maximum Gasteiger partial charge on any atom is 0.536 e. The third-order valence-corrected chi connectivity index (χ3v) is 15.8. The molecule has 0 aromatic heterocycles. The van der Waals surface area contributed by atoms with E-state index in [1.165, 1.54) is 0 Å². The summed E-state index contributed by atoms with van der Waals surface area (Å²) >= 11 is 0. The van der Waals surface area contributed by atoms with Gasteiger partial charge in [-0.1, -0.05) is 72.8 Å². The Morgan fingerprint density at radius 1 is 0.381 bits per heavy atom. The summed E-state index contributed by atoms with van der Waals surface area (Å²) in [6.07, 6.45) is 0. The fourth-order valence-electron chi connectivity index (χ4n) is 5.21. The van der Waals surface area contributed by atoms with Gasteiger partial charge in [-0.15, -0.1) is 0 Å². The van der Waals surface area contributed by atoms with Gasteiger partial charge in [-0.25, -0.2) is 0 Å². The Hall–Kier alpha value is -1.87. The molecule has 227 valence electrons. The first-order valence-electron chi connectivity index (χ1n) is 12.9. The number of rotatable bonds is 16. The fraction of sp³-hybridized carbons (Fsp3) is 0.357. The van der Waals surface area contributed by atoms with Crippen molar-refractivity contribution in [2.75, 3.05) is 64.0 Å². The second-order valence-electron chi connectivity index (χ2n) is 9.02. The van der Waals surface area contributed by atoms with E-state index in [2.05, 4.69) is 10.5 Å². The molecule has 0 N–H and O–H groups in total. The smallest absolute Gasteiger partial charge is 0.402 e. The van der Waals surface area contributed by atoms with Gasteiger partial charge >= 0.3 is 26.4 Å². The lowest BCUT2D eigenvalue weighted by Gasteiger charge is -2.36. The van der Waals surface area contributed by atoms with Gasteiger partial charge in [0, 0.05) is 79.5 Å². The van der Waals surface area contributed by atoms with Crippen LogP contribution in [-0.4, -0.2) is 101 Å². The quantitative estimate of drug-likeness (QED) is 0.168. The Kier molecular flexibility index (Phi) is 12.1. The lowest BCUT2D eigenvalue weighted by molar-refractivity contribution is 0.140. The first-order valence-corrected chi connectivity index (χ1v) is 18.5. The van der Waals surface area contributed by atoms with Gasteiger partial charge in [0.15, 0.2) is 0 Å². The molecule has 10 nitrogen and oxygen atoms in total. The molecular formula is C28H39O10Si4. The zero-order valence-electron chi connectivity index (χ0n) is 25.5. The SMILES string of the molecule is CO[Si](OC)(OC)c1ccc(C(O[Si])(c2ccc([Si](OC)(OC)OC)cc2)c2ccc([Si](OC)(OC)OC)cc2)cc1. The molecule has 0 atom stereocenters. The second kappa shape index (κ2) is 14.7. The Morgan fingerprint density at radius 3 is 0.714 bits per heavy atom. The molecule has 3 rings (SSSR count). The summed E-state index contributed by atoms with van der Waals surface area (Å²) in [5, 5.41) is 2.42. The molecular weight excluding hydrogens is 609 g/mol. The van der Waals surface area contributed by atoms with Crippen LogP contribution in [0.4, 0.5) is 0 Å². The van der Waals surface area contributed by atoms with Crippen LogP contribution in [0.2, 0.25) is 0 Å². The normalized spacial score (nSPS) is 13.0. The van der Waals surface area contributed by atoms with Crippen molar-refractivity contribution in [2.45, 2.75) is 5.60 Å². The van der Waals surface area contributed by atoms with Crippen LogP contribution in [0.15, 0.2) is 72.8 Å². The fourth-order valence-corrected chi connectivity index (χ4v) is 10.9. The average Bonchev–Trinajstić information content (AvgIpc) is 3.07. The highest BCUT2D eigenvalue weighted by Crippen LogP contribution is 2.39. The van der Waals surface area contributed by atoms with Crippen LogP contribution in [0.3, 0.4) is 0 Å². The Bertz CT molecular complexity index is 1070. The molecule has 3 aromatic rings. The number of hydrogen-bond donors (Lipinski definition) is 0. The third kappa shape index (κ3) is 5.93. The van der Waals surface area contributed by atoms with Crippen LogP contribution in [-0.2, 0) is 49.9 Å². The van der Waals surface area contributed by atoms with Crippen molar-refractivity contribution in [3.05, 3.63) is 89.5 Å². The largest absolute Gasteiger partial charge is 0.536 e. The summed E-state index contributed by atoms with van der Waals surface area (Å²) < 4.78 is 57.5. The summed E-state index contributed by atoms with van der Waals surface area (Å²) in [5.41, 5.74) is 1.39. The second-order valence-corrected chi connectivity index (χ2v) is 18.0. The monoisotopic (exact) mass is 647 g/mol. The van der Waals surface area contributed by atoms with E-state index in [-0.39, 0.29) is 0 Å². The van der Waals surface area contributed by atoms with Gasteiger partial charge in [0.2, 0.25) is 10.5 Å². The molecule has 14 heteroatoms.